The standard InChI is InChI=1S/C18H32O16/c19-1-5(22)9(24)16(6(23)2-20)34-18-15(30)13(28)11(26)8(33-18)4-31-17-14(29)12(27)10(25)7(3-21)32-17/h1,5-18,20-30H,2-4H2/t5-,6+,7+,8+,9+,10+,11-,12-,13-,14-,15+,16+,17-,18-/m0/s1. The minimum absolute atomic E-state index is 0.0704. The van der Waals surface area contributed by atoms with E-state index < -0.39 is 106 Å². The molecule has 16 heteroatoms. The zero-order valence-electron chi connectivity index (χ0n) is 17.7. The number of carbonyl (C=O) groups is 1. The molecular formula is C18H32O16. The Morgan fingerprint density at radius 3 is 1.82 bits per heavy atom. The van der Waals surface area contributed by atoms with Crippen LogP contribution in [0.4, 0.5) is 0 Å². The molecule has 0 aromatic carbocycles. The second-order valence-corrected chi connectivity index (χ2v) is 8.01. The number of aliphatic hydroxyl groups is 11. The average Bonchev–Trinajstić information content (AvgIpc) is 2.84. The van der Waals surface area contributed by atoms with Gasteiger partial charge in [-0.1, -0.05) is 0 Å². The summed E-state index contributed by atoms with van der Waals surface area (Å²) in [5.41, 5.74) is 0. The Morgan fingerprint density at radius 1 is 0.765 bits per heavy atom. The lowest BCUT2D eigenvalue weighted by atomic mass is 9.98. The van der Waals surface area contributed by atoms with E-state index in [0.29, 0.717) is 0 Å². The molecule has 0 radical (unpaired) electrons. The first kappa shape index (κ1) is 29.3. The fraction of sp³-hybridized carbons (Fsp3) is 0.944. The van der Waals surface area contributed by atoms with Crippen LogP contribution in [-0.2, 0) is 23.7 Å². The van der Waals surface area contributed by atoms with Gasteiger partial charge < -0.3 is 79.9 Å². The van der Waals surface area contributed by atoms with Crippen molar-refractivity contribution in [1.29, 1.82) is 0 Å². The van der Waals surface area contributed by atoms with E-state index in [1.54, 1.807) is 0 Å². The lowest BCUT2D eigenvalue weighted by Crippen LogP contribution is -2.63. The van der Waals surface area contributed by atoms with Crippen molar-refractivity contribution in [1.82, 2.24) is 0 Å². The van der Waals surface area contributed by atoms with Gasteiger partial charge in [0, 0.05) is 0 Å². The van der Waals surface area contributed by atoms with Crippen molar-refractivity contribution in [3.8, 4) is 0 Å². The summed E-state index contributed by atoms with van der Waals surface area (Å²) < 4.78 is 20.9. The molecule has 16 nitrogen and oxygen atoms in total. The highest BCUT2D eigenvalue weighted by Gasteiger charge is 2.49. The lowest BCUT2D eigenvalue weighted by molar-refractivity contribution is -0.343. The van der Waals surface area contributed by atoms with Crippen LogP contribution < -0.4 is 0 Å². The zero-order chi connectivity index (χ0) is 25.7. The number of hydrogen-bond donors (Lipinski definition) is 11. The maximum atomic E-state index is 10.8. The smallest absolute Gasteiger partial charge is 0.187 e. The van der Waals surface area contributed by atoms with E-state index in [0.717, 1.165) is 0 Å². The average molecular weight is 504 g/mol. The minimum atomic E-state index is -2.08. The van der Waals surface area contributed by atoms with Crippen LogP contribution in [0.1, 0.15) is 0 Å². The van der Waals surface area contributed by atoms with Crippen molar-refractivity contribution in [2.45, 2.75) is 85.8 Å². The summed E-state index contributed by atoms with van der Waals surface area (Å²) in [6.45, 7) is -2.39. The summed E-state index contributed by atoms with van der Waals surface area (Å²) in [5.74, 6) is 0. The van der Waals surface area contributed by atoms with Gasteiger partial charge in [0.25, 0.3) is 0 Å². The first-order valence-electron chi connectivity index (χ1n) is 10.4. The molecule has 0 aromatic heterocycles. The number of aliphatic hydroxyl groups excluding tert-OH is 11. The van der Waals surface area contributed by atoms with Gasteiger partial charge in [-0.05, 0) is 0 Å². The van der Waals surface area contributed by atoms with Crippen molar-refractivity contribution in [3.05, 3.63) is 0 Å². The van der Waals surface area contributed by atoms with Gasteiger partial charge in [0.05, 0.1) is 19.8 Å². The molecule has 0 aliphatic carbocycles. The largest absolute Gasteiger partial charge is 0.394 e. The molecule has 0 bridgehead atoms. The van der Waals surface area contributed by atoms with E-state index in [4.69, 9.17) is 24.1 Å². The fourth-order valence-electron chi connectivity index (χ4n) is 3.49. The zero-order valence-corrected chi connectivity index (χ0v) is 17.7. The van der Waals surface area contributed by atoms with Crippen LogP contribution in [0.5, 0.6) is 0 Å². The normalized spacial score (nSPS) is 42.6. The maximum absolute atomic E-state index is 10.8. The number of ether oxygens (including phenoxy) is 4. The van der Waals surface area contributed by atoms with Gasteiger partial charge in [0.15, 0.2) is 18.9 Å². The van der Waals surface area contributed by atoms with Crippen molar-refractivity contribution in [2.24, 2.45) is 0 Å². The van der Waals surface area contributed by atoms with Gasteiger partial charge in [-0.15, -0.1) is 0 Å². The molecule has 2 fully saturated rings. The minimum Gasteiger partial charge on any atom is -0.394 e. The van der Waals surface area contributed by atoms with Gasteiger partial charge in [0.2, 0.25) is 0 Å². The Bertz CT molecular complexity index is 623. The van der Waals surface area contributed by atoms with Crippen molar-refractivity contribution >= 4 is 6.29 Å². The van der Waals surface area contributed by atoms with E-state index in [1.807, 2.05) is 0 Å². The second-order valence-electron chi connectivity index (χ2n) is 8.01. The van der Waals surface area contributed by atoms with Crippen LogP contribution in [0.25, 0.3) is 0 Å². The Labute approximate surface area is 192 Å². The summed E-state index contributed by atoms with van der Waals surface area (Å²) in [5, 5.41) is 108. The molecule has 2 aliphatic rings. The van der Waals surface area contributed by atoms with Crippen LogP contribution in [-0.4, -0.2) is 168 Å². The first-order valence-corrected chi connectivity index (χ1v) is 10.4. The fourth-order valence-corrected chi connectivity index (χ4v) is 3.49. The van der Waals surface area contributed by atoms with Crippen LogP contribution in [0.15, 0.2) is 0 Å². The molecule has 2 aliphatic heterocycles. The van der Waals surface area contributed by atoms with Crippen LogP contribution in [0, 0.1) is 0 Å². The van der Waals surface area contributed by atoms with E-state index >= 15 is 0 Å². The SMILES string of the molecule is O=C[C@H](O)[C@@H](O)[C@H](O[C@@H]1O[C@H](CO[C@H]2O[C@H](CO)[C@@H](O)[C@H](O)[C@@H]2O)[C@H](O)[C@H](O)[C@H]1O)[C@H](O)CO. The van der Waals surface area contributed by atoms with Crippen LogP contribution >= 0.6 is 0 Å². The van der Waals surface area contributed by atoms with Crippen molar-refractivity contribution in [2.75, 3.05) is 19.8 Å². The van der Waals surface area contributed by atoms with E-state index in [9.17, 15) is 55.9 Å². The van der Waals surface area contributed by atoms with Gasteiger partial charge in [-0.25, -0.2) is 0 Å². The molecule has 0 amide bonds. The van der Waals surface area contributed by atoms with Gasteiger partial charge in [-0.3, -0.25) is 0 Å². The van der Waals surface area contributed by atoms with Crippen LogP contribution in [0.2, 0.25) is 0 Å². The summed E-state index contributed by atoms with van der Waals surface area (Å²) in [6, 6.07) is 0. The monoisotopic (exact) mass is 504 g/mol. The Hall–Kier alpha value is -0.930. The molecule has 0 aromatic rings. The molecule has 2 heterocycles. The predicted molar refractivity (Wildman–Crippen MR) is 102 cm³/mol. The summed E-state index contributed by atoms with van der Waals surface area (Å²) >= 11 is 0. The topological polar surface area (TPSA) is 277 Å². The van der Waals surface area contributed by atoms with Crippen LogP contribution in [0.3, 0.4) is 0 Å². The van der Waals surface area contributed by atoms with Crippen molar-refractivity contribution < 1.29 is 79.9 Å². The highest BCUT2D eigenvalue weighted by Crippen LogP contribution is 2.27. The van der Waals surface area contributed by atoms with Gasteiger partial charge >= 0.3 is 0 Å². The third kappa shape index (κ3) is 6.44. The lowest BCUT2D eigenvalue weighted by Gasteiger charge is -2.43. The molecule has 34 heavy (non-hydrogen) atoms. The molecule has 2 rings (SSSR count). The maximum Gasteiger partial charge on any atom is 0.187 e. The number of aldehydes is 1. The Balaban J connectivity index is 2.10. The predicted octanol–water partition coefficient (Wildman–Crippen LogP) is -7.73. The van der Waals surface area contributed by atoms with E-state index in [1.165, 1.54) is 0 Å². The molecule has 11 N–H and O–H groups in total. The third-order valence-electron chi connectivity index (χ3n) is 5.63. The summed E-state index contributed by atoms with van der Waals surface area (Å²) in [4.78, 5) is 10.8. The molecule has 0 saturated carbocycles. The summed E-state index contributed by atoms with van der Waals surface area (Å²) in [6.07, 6.45) is -25.1. The van der Waals surface area contributed by atoms with Gasteiger partial charge in [0.1, 0.15) is 73.2 Å². The number of hydrogen-bond acceptors (Lipinski definition) is 16. The first-order chi connectivity index (χ1) is 16.0. The molecular weight excluding hydrogens is 472 g/mol. The number of carbonyl (C=O) groups excluding carboxylic acids is 1. The number of rotatable bonds is 11. The second kappa shape index (κ2) is 12.9. The van der Waals surface area contributed by atoms with Crippen molar-refractivity contribution in [3.63, 3.8) is 0 Å². The quantitative estimate of drug-likeness (QED) is 0.117. The Morgan fingerprint density at radius 2 is 1.29 bits per heavy atom. The third-order valence-corrected chi connectivity index (χ3v) is 5.63. The van der Waals surface area contributed by atoms with Gasteiger partial charge in [-0.2, -0.15) is 0 Å². The Kier molecular flexibility index (Phi) is 11.1. The molecule has 2 saturated heterocycles. The molecule has 200 valence electrons. The highest BCUT2D eigenvalue weighted by atomic mass is 16.7. The molecule has 0 spiro atoms. The molecule has 14 atom stereocenters. The van der Waals surface area contributed by atoms with E-state index in [2.05, 4.69) is 0 Å². The molecule has 0 unspecified atom stereocenters. The van der Waals surface area contributed by atoms with E-state index in [-0.39, 0.29) is 6.29 Å². The highest BCUT2D eigenvalue weighted by molar-refractivity contribution is 5.56. The summed E-state index contributed by atoms with van der Waals surface area (Å²) in [7, 11) is 0.